The highest BCUT2D eigenvalue weighted by Gasteiger charge is 2.33. The van der Waals surface area contributed by atoms with Crippen molar-refractivity contribution in [1.29, 1.82) is 0 Å². The number of benzene rings is 1. The summed E-state index contributed by atoms with van der Waals surface area (Å²) >= 11 is 0. The highest BCUT2D eigenvalue weighted by atomic mass is 19.4. The van der Waals surface area contributed by atoms with Crippen molar-refractivity contribution in [3.05, 3.63) is 23.8 Å². The van der Waals surface area contributed by atoms with Gasteiger partial charge in [0.25, 0.3) is 6.43 Å². The third-order valence-electron chi connectivity index (χ3n) is 1.66. The lowest BCUT2D eigenvalue weighted by atomic mass is 10.2. The molecule has 0 bridgehead atoms. The molecule has 0 saturated heterocycles. The molecule has 0 amide bonds. The fraction of sp³-hybridized carbons (Fsp3) is 0.333. The summed E-state index contributed by atoms with van der Waals surface area (Å²) in [5, 5.41) is 0. The lowest BCUT2D eigenvalue weighted by molar-refractivity contribution is -0.275. The molecular weight excluding hydrogens is 273 g/mol. The van der Waals surface area contributed by atoms with Gasteiger partial charge in [0, 0.05) is 5.56 Å². The molecule has 102 valence electrons. The van der Waals surface area contributed by atoms with Crippen molar-refractivity contribution in [1.82, 2.24) is 0 Å². The van der Waals surface area contributed by atoms with Crippen LogP contribution < -0.4 is 9.47 Å². The number of ether oxygens (including phenoxy) is 2. The summed E-state index contributed by atoms with van der Waals surface area (Å²) in [6, 6.07) is 1.45. The summed E-state index contributed by atoms with van der Waals surface area (Å²) in [6.07, 6.45) is -8.18. The van der Waals surface area contributed by atoms with E-state index in [1.807, 2.05) is 0 Å². The van der Waals surface area contributed by atoms with E-state index >= 15 is 0 Å². The van der Waals surface area contributed by atoms with Gasteiger partial charge in [-0.05, 0) is 18.2 Å². The van der Waals surface area contributed by atoms with Gasteiger partial charge in [-0.15, -0.1) is 13.2 Å². The van der Waals surface area contributed by atoms with Gasteiger partial charge in [0.15, 0.2) is 11.5 Å². The molecule has 1 rings (SSSR count). The molecule has 1 aromatic rings. The molecule has 0 radical (unpaired) electrons. The molecule has 0 aliphatic heterocycles. The number of hydrogen-bond donors (Lipinski definition) is 0. The van der Waals surface area contributed by atoms with Crippen LogP contribution in [0.3, 0.4) is 0 Å². The minimum absolute atomic E-state index is 0.359. The molecule has 9 heteroatoms. The Morgan fingerprint density at radius 3 is 2.00 bits per heavy atom. The van der Waals surface area contributed by atoms with Crippen LogP contribution in [-0.2, 0) is 0 Å². The Labute approximate surface area is 95.9 Å². The molecule has 0 heterocycles. The van der Waals surface area contributed by atoms with E-state index in [9.17, 15) is 30.7 Å². The van der Waals surface area contributed by atoms with Gasteiger partial charge in [0.1, 0.15) is 0 Å². The molecule has 0 aliphatic carbocycles. The number of hydrogen-bond acceptors (Lipinski definition) is 2. The summed E-state index contributed by atoms with van der Waals surface area (Å²) in [5.74, 6) is -2.23. The van der Waals surface area contributed by atoms with Crippen LogP contribution in [-0.4, -0.2) is 13.0 Å². The predicted octanol–water partition coefficient (Wildman–Crippen LogP) is 4.12. The zero-order chi connectivity index (χ0) is 13.9. The summed E-state index contributed by atoms with van der Waals surface area (Å²) in [4.78, 5) is 0. The second-order valence-electron chi connectivity index (χ2n) is 2.93. The first-order valence-corrected chi connectivity index (χ1v) is 4.31. The highest BCUT2D eigenvalue weighted by molar-refractivity contribution is 5.43. The maximum atomic E-state index is 12.2. The van der Waals surface area contributed by atoms with Crippen LogP contribution in [0.2, 0.25) is 0 Å². The standard InChI is InChI=1S/C9H5F7O2/c10-7(11)4-1-2-5(18-9(14,15)16)6(3-4)17-8(12)13/h1-3,7-8H. The maximum Gasteiger partial charge on any atom is 0.573 e. The molecular formula is C9H5F7O2. The molecule has 0 atom stereocenters. The molecule has 0 aliphatic rings. The largest absolute Gasteiger partial charge is 0.573 e. The average Bonchev–Trinajstić information content (AvgIpc) is 2.17. The molecule has 18 heavy (non-hydrogen) atoms. The van der Waals surface area contributed by atoms with Gasteiger partial charge in [0.2, 0.25) is 0 Å². The second kappa shape index (κ2) is 5.32. The third kappa shape index (κ3) is 4.30. The van der Waals surface area contributed by atoms with Crippen molar-refractivity contribution in [3.63, 3.8) is 0 Å². The summed E-state index contributed by atoms with van der Waals surface area (Å²) in [7, 11) is 0. The molecule has 0 unspecified atom stereocenters. The first-order valence-electron chi connectivity index (χ1n) is 4.31. The van der Waals surface area contributed by atoms with Crippen LogP contribution in [0.15, 0.2) is 18.2 Å². The summed E-state index contributed by atoms with van der Waals surface area (Å²) < 4.78 is 91.1. The first kappa shape index (κ1) is 14.4. The average molecular weight is 278 g/mol. The van der Waals surface area contributed by atoms with Crippen molar-refractivity contribution in [2.45, 2.75) is 19.4 Å². The minimum Gasteiger partial charge on any atom is -0.431 e. The van der Waals surface area contributed by atoms with E-state index in [0.717, 1.165) is 0 Å². The minimum atomic E-state index is -5.15. The quantitative estimate of drug-likeness (QED) is 0.771. The van der Waals surface area contributed by atoms with Gasteiger partial charge >= 0.3 is 13.0 Å². The van der Waals surface area contributed by atoms with Gasteiger partial charge in [-0.3, -0.25) is 0 Å². The van der Waals surface area contributed by atoms with Crippen LogP contribution in [0, 0.1) is 0 Å². The van der Waals surface area contributed by atoms with Crippen molar-refractivity contribution in [3.8, 4) is 11.5 Å². The van der Waals surface area contributed by atoms with Crippen molar-refractivity contribution in [2.24, 2.45) is 0 Å². The van der Waals surface area contributed by atoms with Crippen LogP contribution in [0.25, 0.3) is 0 Å². The van der Waals surface area contributed by atoms with E-state index in [-0.39, 0.29) is 0 Å². The Balaban J connectivity index is 3.08. The summed E-state index contributed by atoms with van der Waals surface area (Å²) in [5.41, 5.74) is -0.764. The van der Waals surface area contributed by atoms with Gasteiger partial charge < -0.3 is 9.47 Å². The predicted molar refractivity (Wildman–Crippen MR) is 44.7 cm³/mol. The Bertz CT molecular complexity index is 402. The van der Waals surface area contributed by atoms with Crippen LogP contribution in [0.4, 0.5) is 30.7 Å². The van der Waals surface area contributed by atoms with Gasteiger partial charge in [0.05, 0.1) is 0 Å². The Hall–Kier alpha value is -1.67. The third-order valence-corrected chi connectivity index (χ3v) is 1.66. The summed E-state index contributed by atoms with van der Waals surface area (Å²) in [6.45, 7) is -3.46. The van der Waals surface area contributed by atoms with E-state index in [4.69, 9.17) is 0 Å². The lowest BCUT2D eigenvalue weighted by Gasteiger charge is -2.14. The van der Waals surface area contributed by atoms with E-state index in [2.05, 4.69) is 9.47 Å². The SMILES string of the molecule is FC(F)Oc1cc(C(F)F)ccc1OC(F)(F)F. The first-order chi connectivity index (χ1) is 8.19. The van der Waals surface area contributed by atoms with E-state index < -0.39 is 36.5 Å². The molecule has 0 fully saturated rings. The Kier molecular flexibility index (Phi) is 4.25. The highest BCUT2D eigenvalue weighted by Crippen LogP contribution is 2.36. The van der Waals surface area contributed by atoms with Crippen LogP contribution in [0.5, 0.6) is 11.5 Å². The van der Waals surface area contributed by atoms with Crippen molar-refractivity contribution >= 4 is 0 Å². The normalized spacial score (nSPS) is 12.1. The zero-order valence-electron chi connectivity index (χ0n) is 8.35. The Morgan fingerprint density at radius 1 is 0.944 bits per heavy atom. The lowest BCUT2D eigenvalue weighted by Crippen LogP contribution is -2.18. The molecule has 0 N–H and O–H groups in total. The number of alkyl halides is 7. The van der Waals surface area contributed by atoms with E-state index in [1.165, 1.54) is 0 Å². The van der Waals surface area contributed by atoms with Gasteiger partial charge in [-0.2, -0.15) is 8.78 Å². The van der Waals surface area contributed by atoms with E-state index in [0.29, 0.717) is 18.2 Å². The molecule has 1 aromatic carbocycles. The van der Waals surface area contributed by atoms with Crippen molar-refractivity contribution in [2.75, 3.05) is 0 Å². The number of rotatable bonds is 4. The molecule has 0 spiro atoms. The Morgan fingerprint density at radius 2 is 1.56 bits per heavy atom. The van der Waals surface area contributed by atoms with Crippen LogP contribution >= 0.6 is 0 Å². The monoisotopic (exact) mass is 278 g/mol. The zero-order valence-corrected chi connectivity index (χ0v) is 8.35. The van der Waals surface area contributed by atoms with Crippen molar-refractivity contribution < 1.29 is 40.2 Å². The van der Waals surface area contributed by atoms with Gasteiger partial charge in [-0.25, -0.2) is 8.78 Å². The smallest absolute Gasteiger partial charge is 0.431 e. The maximum absolute atomic E-state index is 12.2. The number of halogens is 7. The van der Waals surface area contributed by atoms with E-state index in [1.54, 1.807) is 0 Å². The van der Waals surface area contributed by atoms with Gasteiger partial charge in [-0.1, -0.05) is 0 Å². The molecule has 0 aromatic heterocycles. The topological polar surface area (TPSA) is 18.5 Å². The fourth-order valence-electron chi connectivity index (χ4n) is 1.06. The molecule has 0 saturated carbocycles. The molecule has 2 nitrogen and oxygen atoms in total. The second-order valence-corrected chi connectivity index (χ2v) is 2.93. The van der Waals surface area contributed by atoms with Crippen LogP contribution in [0.1, 0.15) is 12.0 Å². The fourth-order valence-corrected chi connectivity index (χ4v) is 1.06.